The van der Waals surface area contributed by atoms with E-state index in [1.807, 2.05) is 0 Å². The van der Waals surface area contributed by atoms with Crippen molar-refractivity contribution in [1.29, 1.82) is 0 Å². The standard InChI is InChI=1S/C14H10BrFN2O3/c15-9-5-3-6-10(16)12(9)18-14(21)17-11-7-2-1-4-8(11)13(19)20/h1-7H,(H,19,20)(H2,17,18,21). The van der Waals surface area contributed by atoms with Crippen LogP contribution in [0.4, 0.5) is 20.6 Å². The van der Waals surface area contributed by atoms with Crippen molar-refractivity contribution in [2.75, 3.05) is 10.6 Å². The highest BCUT2D eigenvalue weighted by Crippen LogP contribution is 2.25. The summed E-state index contributed by atoms with van der Waals surface area (Å²) in [5, 5.41) is 13.7. The Bertz CT molecular complexity index is 686. The topological polar surface area (TPSA) is 78.4 Å². The van der Waals surface area contributed by atoms with E-state index in [1.165, 1.54) is 24.3 Å². The number of carboxylic acids is 1. The summed E-state index contributed by atoms with van der Waals surface area (Å²) in [6.45, 7) is 0. The highest BCUT2D eigenvalue weighted by Gasteiger charge is 2.14. The molecule has 0 unspecified atom stereocenters. The third-order valence-corrected chi connectivity index (χ3v) is 3.27. The number of rotatable bonds is 3. The SMILES string of the molecule is O=C(Nc1ccccc1C(=O)O)Nc1c(F)cccc1Br. The predicted octanol–water partition coefficient (Wildman–Crippen LogP) is 3.93. The number of benzene rings is 2. The Balaban J connectivity index is 2.18. The number of amides is 2. The van der Waals surface area contributed by atoms with Gasteiger partial charge >= 0.3 is 12.0 Å². The molecule has 0 saturated heterocycles. The number of urea groups is 1. The first kappa shape index (κ1) is 15.0. The molecular weight excluding hydrogens is 343 g/mol. The van der Waals surface area contributed by atoms with E-state index >= 15 is 0 Å². The van der Waals surface area contributed by atoms with E-state index in [2.05, 4.69) is 26.6 Å². The normalized spacial score (nSPS) is 10.0. The summed E-state index contributed by atoms with van der Waals surface area (Å²) >= 11 is 3.12. The molecule has 2 aromatic carbocycles. The number of carbonyl (C=O) groups is 2. The second kappa shape index (κ2) is 6.36. The van der Waals surface area contributed by atoms with Gasteiger partial charge in [-0.1, -0.05) is 18.2 Å². The lowest BCUT2D eigenvalue weighted by atomic mass is 10.2. The maximum atomic E-state index is 13.6. The van der Waals surface area contributed by atoms with Crippen LogP contribution in [0.1, 0.15) is 10.4 Å². The minimum Gasteiger partial charge on any atom is -0.478 e. The lowest BCUT2D eigenvalue weighted by Crippen LogP contribution is -2.21. The summed E-state index contributed by atoms with van der Waals surface area (Å²) in [5.41, 5.74) is 0.0398. The molecule has 0 aliphatic heterocycles. The molecule has 0 heterocycles. The van der Waals surface area contributed by atoms with Crippen LogP contribution in [0, 0.1) is 5.82 Å². The number of aromatic carboxylic acids is 1. The number of carbonyl (C=O) groups excluding carboxylic acids is 1. The van der Waals surface area contributed by atoms with Crippen LogP contribution in [0.3, 0.4) is 0 Å². The highest BCUT2D eigenvalue weighted by molar-refractivity contribution is 9.10. The first-order valence-corrected chi connectivity index (χ1v) is 6.62. The summed E-state index contributed by atoms with van der Waals surface area (Å²) in [4.78, 5) is 22.9. The predicted molar refractivity (Wildman–Crippen MR) is 80.1 cm³/mol. The van der Waals surface area contributed by atoms with Crippen molar-refractivity contribution in [3.05, 3.63) is 58.3 Å². The Labute approximate surface area is 127 Å². The first-order valence-electron chi connectivity index (χ1n) is 5.83. The van der Waals surface area contributed by atoms with Crippen LogP contribution in [0.25, 0.3) is 0 Å². The number of nitrogens with one attached hydrogen (secondary N) is 2. The van der Waals surface area contributed by atoms with Crippen molar-refractivity contribution in [2.45, 2.75) is 0 Å². The summed E-state index contributed by atoms with van der Waals surface area (Å²) < 4.78 is 14.0. The molecule has 0 atom stereocenters. The lowest BCUT2D eigenvalue weighted by molar-refractivity contribution is 0.0698. The van der Waals surface area contributed by atoms with Gasteiger partial charge in [0.05, 0.1) is 16.9 Å². The van der Waals surface area contributed by atoms with E-state index in [1.54, 1.807) is 18.2 Å². The second-order valence-corrected chi connectivity index (χ2v) is 4.88. The van der Waals surface area contributed by atoms with Gasteiger partial charge in [-0.05, 0) is 40.2 Å². The molecule has 0 aliphatic carbocycles. The van der Waals surface area contributed by atoms with Crippen molar-refractivity contribution < 1.29 is 19.1 Å². The van der Waals surface area contributed by atoms with Gasteiger partial charge in [0, 0.05) is 4.47 Å². The van der Waals surface area contributed by atoms with Crippen LogP contribution < -0.4 is 10.6 Å². The molecule has 3 N–H and O–H groups in total. The summed E-state index contributed by atoms with van der Waals surface area (Å²) in [6.07, 6.45) is 0. The molecule has 5 nitrogen and oxygen atoms in total. The zero-order chi connectivity index (χ0) is 15.4. The van der Waals surface area contributed by atoms with Crippen LogP contribution in [-0.4, -0.2) is 17.1 Å². The van der Waals surface area contributed by atoms with E-state index in [9.17, 15) is 14.0 Å². The van der Waals surface area contributed by atoms with Crippen molar-refractivity contribution in [3.63, 3.8) is 0 Å². The zero-order valence-corrected chi connectivity index (χ0v) is 12.1. The fourth-order valence-electron chi connectivity index (χ4n) is 1.66. The smallest absolute Gasteiger partial charge is 0.337 e. The summed E-state index contributed by atoms with van der Waals surface area (Å²) in [6, 6.07) is 9.45. The van der Waals surface area contributed by atoms with Crippen molar-refractivity contribution in [2.24, 2.45) is 0 Å². The molecule has 2 amide bonds. The number of hydrogen-bond donors (Lipinski definition) is 3. The van der Waals surface area contributed by atoms with E-state index in [-0.39, 0.29) is 16.9 Å². The average Bonchev–Trinajstić information content (AvgIpc) is 2.43. The van der Waals surface area contributed by atoms with Gasteiger partial charge in [-0.2, -0.15) is 0 Å². The second-order valence-electron chi connectivity index (χ2n) is 4.03. The molecule has 0 aromatic heterocycles. The Morgan fingerprint density at radius 3 is 2.43 bits per heavy atom. The van der Waals surface area contributed by atoms with Gasteiger partial charge in [0.15, 0.2) is 0 Å². The third kappa shape index (κ3) is 3.57. The van der Waals surface area contributed by atoms with Gasteiger partial charge in [0.2, 0.25) is 0 Å². The highest BCUT2D eigenvalue weighted by atomic mass is 79.9. The molecule has 21 heavy (non-hydrogen) atoms. The molecule has 0 radical (unpaired) electrons. The number of para-hydroxylation sites is 2. The number of carboxylic acid groups (broad SMARTS) is 1. The first-order chi connectivity index (χ1) is 9.99. The van der Waals surface area contributed by atoms with Crippen LogP contribution in [0.15, 0.2) is 46.9 Å². The fraction of sp³-hybridized carbons (Fsp3) is 0. The lowest BCUT2D eigenvalue weighted by Gasteiger charge is -2.11. The molecule has 0 aliphatic rings. The van der Waals surface area contributed by atoms with Gasteiger partial charge in [-0.3, -0.25) is 0 Å². The molecular formula is C14H10BrFN2O3. The van der Waals surface area contributed by atoms with E-state index < -0.39 is 17.8 Å². The van der Waals surface area contributed by atoms with Crippen molar-refractivity contribution in [3.8, 4) is 0 Å². The zero-order valence-electron chi connectivity index (χ0n) is 10.6. The van der Waals surface area contributed by atoms with Crippen LogP contribution in [0.2, 0.25) is 0 Å². The van der Waals surface area contributed by atoms with Crippen LogP contribution in [-0.2, 0) is 0 Å². The summed E-state index contributed by atoms with van der Waals surface area (Å²) in [5.74, 6) is -1.77. The molecule has 0 fully saturated rings. The molecule has 108 valence electrons. The fourth-order valence-corrected chi connectivity index (χ4v) is 2.10. The summed E-state index contributed by atoms with van der Waals surface area (Å²) in [7, 11) is 0. The van der Waals surface area contributed by atoms with Crippen molar-refractivity contribution >= 4 is 39.3 Å². The number of hydrogen-bond acceptors (Lipinski definition) is 2. The monoisotopic (exact) mass is 352 g/mol. The third-order valence-electron chi connectivity index (χ3n) is 2.61. The minimum absolute atomic E-state index is 0.0252. The molecule has 0 saturated carbocycles. The largest absolute Gasteiger partial charge is 0.478 e. The molecule has 0 bridgehead atoms. The van der Waals surface area contributed by atoms with Gasteiger partial charge in [-0.25, -0.2) is 14.0 Å². The van der Waals surface area contributed by atoms with Gasteiger partial charge in [0.1, 0.15) is 5.82 Å². The molecule has 2 rings (SSSR count). The molecule has 0 spiro atoms. The van der Waals surface area contributed by atoms with E-state index in [0.717, 1.165) is 0 Å². The molecule has 7 heteroatoms. The van der Waals surface area contributed by atoms with Crippen LogP contribution in [0.5, 0.6) is 0 Å². The molecule has 2 aromatic rings. The van der Waals surface area contributed by atoms with Gasteiger partial charge in [0.25, 0.3) is 0 Å². The minimum atomic E-state index is -1.17. The Hall–Kier alpha value is -2.41. The average molecular weight is 353 g/mol. The quantitative estimate of drug-likeness (QED) is 0.782. The van der Waals surface area contributed by atoms with Crippen molar-refractivity contribution in [1.82, 2.24) is 0 Å². The number of halogens is 2. The van der Waals surface area contributed by atoms with Gasteiger partial charge < -0.3 is 15.7 Å². The Morgan fingerprint density at radius 2 is 1.76 bits per heavy atom. The Morgan fingerprint density at radius 1 is 1.05 bits per heavy atom. The maximum Gasteiger partial charge on any atom is 0.337 e. The van der Waals surface area contributed by atoms with E-state index in [0.29, 0.717) is 4.47 Å². The number of anilines is 2. The van der Waals surface area contributed by atoms with E-state index in [4.69, 9.17) is 5.11 Å². The Kier molecular flexibility index (Phi) is 4.54. The van der Waals surface area contributed by atoms with Gasteiger partial charge in [-0.15, -0.1) is 0 Å². The maximum absolute atomic E-state index is 13.6. The van der Waals surface area contributed by atoms with Crippen LogP contribution >= 0.6 is 15.9 Å².